The molecule has 114 valence electrons. The van der Waals surface area contributed by atoms with Crippen molar-refractivity contribution in [2.24, 2.45) is 11.8 Å². The maximum absolute atomic E-state index is 12.5. The van der Waals surface area contributed by atoms with E-state index in [-0.39, 0.29) is 23.8 Å². The molecule has 0 aromatic carbocycles. The van der Waals surface area contributed by atoms with Crippen molar-refractivity contribution in [3.05, 3.63) is 0 Å². The molecule has 20 heavy (non-hydrogen) atoms. The normalized spacial score (nSPS) is 28.2. The predicted molar refractivity (Wildman–Crippen MR) is 76.1 cm³/mol. The molecule has 0 aromatic heterocycles. The minimum Gasteiger partial charge on any atom is -0.469 e. The molecule has 0 spiro atoms. The molecular weight excluding hydrogens is 256 g/mol. The Morgan fingerprint density at radius 3 is 2.55 bits per heavy atom. The fraction of sp³-hybridized carbons (Fsp3) is 0.867. The van der Waals surface area contributed by atoms with Gasteiger partial charge in [-0.3, -0.25) is 9.59 Å². The number of methoxy groups -OCH3 is 1. The molecule has 5 nitrogen and oxygen atoms in total. The van der Waals surface area contributed by atoms with Crippen LogP contribution in [0, 0.1) is 11.8 Å². The van der Waals surface area contributed by atoms with Gasteiger partial charge in [0.15, 0.2) is 0 Å². The lowest BCUT2D eigenvalue weighted by atomic mass is 9.89. The van der Waals surface area contributed by atoms with Crippen LogP contribution in [-0.2, 0) is 14.3 Å². The monoisotopic (exact) mass is 282 g/mol. The first kappa shape index (κ1) is 15.3. The number of ether oxygens (including phenoxy) is 1. The molecule has 2 aliphatic rings. The molecule has 0 aliphatic carbocycles. The van der Waals surface area contributed by atoms with Gasteiger partial charge in [0.1, 0.15) is 0 Å². The first-order valence-electron chi connectivity index (χ1n) is 7.75. The molecule has 2 fully saturated rings. The van der Waals surface area contributed by atoms with Crippen LogP contribution in [-0.4, -0.2) is 49.6 Å². The first-order valence-corrected chi connectivity index (χ1v) is 7.75. The SMILES string of the molecule is CCC1CCNC(C(=O)N2CCC(C(=O)OC)CC2)C1. The van der Waals surface area contributed by atoms with Crippen molar-refractivity contribution in [1.29, 1.82) is 0 Å². The van der Waals surface area contributed by atoms with Crippen molar-refractivity contribution < 1.29 is 14.3 Å². The minimum atomic E-state index is -0.140. The molecule has 2 heterocycles. The summed E-state index contributed by atoms with van der Waals surface area (Å²) in [5.74, 6) is 0.704. The van der Waals surface area contributed by atoms with E-state index in [0.717, 1.165) is 32.2 Å². The summed E-state index contributed by atoms with van der Waals surface area (Å²) in [5, 5.41) is 3.34. The molecule has 2 unspecified atom stereocenters. The highest BCUT2D eigenvalue weighted by Gasteiger charge is 2.33. The topological polar surface area (TPSA) is 58.6 Å². The lowest BCUT2D eigenvalue weighted by Crippen LogP contribution is -2.52. The average Bonchev–Trinajstić information content (AvgIpc) is 2.53. The molecule has 0 bridgehead atoms. The van der Waals surface area contributed by atoms with E-state index < -0.39 is 0 Å². The van der Waals surface area contributed by atoms with Crippen LogP contribution in [0.25, 0.3) is 0 Å². The van der Waals surface area contributed by atoms with E-state index in [0.29, 0.717) is 19.0 Å². The quantitative estimate of drug-likeness (QED) is 0.790. The maximum atomic E-state index is 12.5. The largest absolute Gasteiger partial charge is 0.469 e. The van der Waals surface area contributed by atoms with Crippen molar-refractivity contribution >= 4 is 11.9 Å². The van der Waals surface area contributed by atoms with Gasteiger partial charge in [0.05, 0.1) is 19.1 Å². The zero-order chi connectivity index (χ0) is 14.5. The van der Waals surface area contributed by atoms with Crippen molar-refractivity contribution in [3.63, 3.8) is 0 Å². The van der Waals surface area contributed by atoms with Crippen molar-refractivity contribution in [1.82, 2.24) is 10.2 Å². The smallest absolute Gasteiger partial charge is 0.308 e. The molecular formula is C15H26N2O3. The van der Waals surface area contributed by atoms with Gasteiger partial charge in [0, 0.05) is 13.1 Å². The van der Waals surface area contributed by atoms with Gasteiger partial charge in [-0.2, -0.15) is 0 Å². The number of rotatable bonds is 3. The second kappa shape index (κ2) is 7.07. The van der Waals surface area contributed by atoms with E-state index in [1.807, 2.05) is 4.90 Å². The predicted octanol–water partition coefficient (Wildman–Crippen LogP) is 1.18. The Morgan fingerprint density at radius 2 is 1.95 bits per heavy atom. The summed E-state index contributed by atoms with van der Waals surface area (Å²) in [4.78, 5) is 25.9. The van der Waals surface area contributed by atoms with E-state index in [1.165, 1.54) is 13.5 Å². The molecule has 2 atom stereocenters. The molecule has 5 heteroatoms. The number of hydrogen-bond acceptors (Lipinski definition) is 4. The van der Waals surface area contributed by atoms with Crippen LogP contribution in [0.1, 0.15) is 39.0 Å². The third kappa shape index (κ3) is 3.51. The number of hydrogen-bond donors (Lipinski definition) is 1. The Hall–Kier alpha value is -1.10. The fourth-order valence-electron chi connectivity index (χ4n) is 3.28. The second-order valence-corrected chi connectivity index (χ2v) is 5.93. The number of carbonyl (C=O) groups excluding carboxylic acids is 2. The number of nitrogens with zero attached hydrogens (tertiary/aromatic N) is 1. The molecule has 1 N–H and O–H groups in total. The molecule has 2 aliphatic heterocycles. The first-order chi connectivity index (χ1) is 9.65. The van der Waals surface area contributed by atoms with Gasteiger partial charge in [0.2, 0.25) is 5.91 Å². The number of piperidine rings is 2. The summed E-state index contributed by atoms with van der Waals surface area (Å²) in [6, 6.07) is -0.0247. The van der Waals surface area contributed by atoms with E-state index in [9.17, 15) is 9.59 Å². The van der Waals surface area contributed by atoms with E-state index in [2.05, 4.69) is 12.2 Å². The third-order valence-corrected chi connectivity index (χ3v) is 4.73. The second-order valence-electron chi connectivity index (χ2n) is 5.93. The van der Waals surface area contributed by atoms with Gasteiger partial charge in [-0.15, -0.1) is 0 Å². The lowest BCUT2D eigenvalue weighted by Gasteiger charge is -2.36. The van der Waals surface area contributed by atoms with Gasteiger partial charge in [-0.1, -0.05) is 13.3 Å². The molecule has 1 amide bonds. The number of amides is 1. The van der Waals surface area contributed by atoms with Crippen molar-refractivity contribution in [2.45, 2.75) is 45.1 Å². The molecule has 2 rings (SSSR count). The van der Waals surface area contributed by atoms with Crippen molar-refractivity contribution in [2.75, 3.05) is 26.7 Å². The van der Waals surface area contributed by atoms with Crippen molar-refractivity contribution in [3.8, 4) is 0 Å². The Balaban J connectivity index is 1.83. The third-order valence-electron chi connectivity index (χ3n) is 4.73. The minimum absolute atomic E-state index is 0.0247. The van der Waals surface area contributed by atoms with Crippen LogP contribution >= 0.6 is 0 Å². The van der Waals surface area contributed by atoms with Gasteiger partial charge < -0.3 is 15.0 Å². The average molecular weight is 282 g/mol. The van der Waals surface area contributed by atoms with E-state index in [1.54, 1.807) is 0 Å². The Morgan fingerprint density at radius 1 is 1.25 bits per heavy atom. The number of carbonyl (C=O) groups is 2. The maximum Gasteiger partial charge on any atom is 0.308 e. The molecule has 2 saturated heterocycles. The van der Waals surface area contributed by atoms with E-state index in [4.69, 9.17) is 4.74 Å². The molecule has 0 saturated carbocycles. The van der Waals surface area contributed by atoms with Crippen LogP contribution in [0.5, 0.6) is 0 Å². The van der Waals surface area contributed by atoms with Gasteiger partial charge in [0.25, 0.3) is 0 Å². The Labute approximate surface area is 121 Å². The van der Waals surface area contributed by atoms with Crippen LogP contribution in [0.15, 0.2) is 0 Å². The summed E-state index contributed by atoms with van der Waals surface area (Å²) in [7, 11) is 1.43. The zero-order valence-corrected chi connectivity index (χ0v) is 12.6. The summed E-state index contributed by atoms with van der Waals surface area (Å²) in [6.45, 7) is 4.48. The number of nitrogens with one attached hydrogen (secondary N) is 1. The Bertz CT molecular complexity index is 351. The fourth-order valence-corrected chi connectivity index (χ4v) is 3.28. The number of likely N-dealkylation sites (tertiary alicyclic amines) is 1. The summed E-state index contributed by atoms with van der Waals surface area (Å²) in [6.07, 6.45) is 4.72. The highest BCUT2D eigenvalue weighted by molar-refractivity contribution is 5.82. The standard InChI is InChI=1S/C15H26N2O3/c1-3-11-4-7-16-13(10-11)14(18)17-8-5-12(6-9-17)15(19)20-2/h11-13,16H,3-10H2,1-2H3. The van der Waals surface area contributed by atoms with Crippen LogP contribution in [0.2, 0.25) is 0 Å². The van der Waals surface area contributed by atoms with Gasteiger partial charge >= 0.3 is 5.97 Å². The summed E-state index contributed by atoms with van der Waals surface area (Å²) < 4.78 is 4.78. The van der Waals surface area contributed by atoms with Crippen LogP contribution < -0.4 is 5.32 Å². The zero-order valence-electron chi connectivity index (χ0n) is 12.6. The van der Waals surface area contributed by atoms with Gasteiger partial charge in [-0.25, -0.2) is 0 Å². The summed E-state index contributed by atoms with van der Waals surface area (Å²) in [5.41, 5.74) is 0. The molecule has 0 radical (unpaired) electrons. The van der Waals surface area contributed by atoms with Gasteiger partial charge in [-0.05, 0) is 38.1 Å². The van der Waals surface area contributed by atoms with Crippen LogP contribution in [0.4, 0.5) is 0 Å². The van der Waals surface area contributed by atoms with Crippen LogP contribution in [0.3, 0.4) is 0 Å². The molecule has 0 aromatic rings. The summed E-state index contributed by atoms with van der Waals surface area (Å²) >= 11 is 0. The number of esters is 1. The lowest BCUT2D eigenvalue weighted by molar-refractivity contribution is -0.149. The highest BCUT2D eigenvalue weighted by atomic mass is 16.5. The highest BCUT2D eigenvalue weighted by Crippen LogP contribution is 2.23. The van der Waals surface area contributed by atoms with E-state index >= 15 is 0 Å². The Kier molecular flexibility index (Phi) is 5.40.